The molecule has 8 heteroatoms. The van der Waals surface area contributed by atoms with Gasteiger partial charge in [0.15, 0.2) is 15.8 Å². The molecule has 0 radical (unpaired) electrons. The number of benzene rings is 1. The number of nitrogens with zero attached hydrogens (tertiary/aromatic N) is 1. The number of sulfone groups is 1. The Morgan fingerprint density at radius 1 is 1.21 bits per heavy atom. The lowest BCUT2D eigenvalue weighted by atomic mass is 9.99. The van der Waals surface area contributed by atoms with Crippen LogP contribution < -0.4 is 10.6 Å². The predicted octanol–water partition coefficient (Wildman–Crippen LogP) is 1.56. The molecule has 1 aliphatic rings. The lowest BCUT2D eigenvalue weighted by Crippen LogP contribution is -2.53. The molecule has 1 aliphatic heterocycles. The van der Waals surface area contributed by atoms with Crippen LogP contribution in [-0.2, 0) is 21.1 Å². The highest BCUT2D eigenvalue weighted by Crippen LogP contribution is 2.28. The van der Waals surface area contributed by atoms with E-state index in [0.29, 0.717) is 45.1 Å². The molecule has 0 aromatic heterocycles. The van der Waals surface area contributed by atoms with Gasteiger partial charge in [-0.1, -0.05) is 30.3 Å². The summed E-state index contributed by atoms with van der Waals surface area (Å²) in [7, 11) is -1.51. The van der Waals surface area contributed by atoms with Crippen LogP contribution in [0.25, 0.3) is 0 Å². The maximum atomic E-state index is 12.2. The molecular weight excluding hydrogens is 441 g/mol. The van der Waals surface area contributed by atoms with E-state index < -0.39 is 14.6 Å². The van der Waals surface area contributed by atoms with Crippen LogP contribution in [-0.4, -0.2) is 52.2 Å². The van der Waals surface area contributed by atoms with Gasteiger partial charge in [-0.05, 0) is 18.4 Å². The quantitative estimate of drug-likeness (QED) is 0.391. The van der Waals surface area contributed by atoms with Crippen molar-refractivity contribution in [1.82, 2.24) is 10.6 Å². The van der Waals surface area contributed by atoms with Crippen LogP contribution in [0.2, 0.25) is 0 Å². The molecule has 6 nitrogen and oxygen atoms in total. The van der Waals surface area contributed by atoms with Crippen molar-refractivity contribution in [3.63, 3.8) is 0 Å². The fourth-order valence-corrected chi connectivity index (χ4v) is 3.91. The van der Waals surface area contributed by atoms with E-state index in [0.717, 1.165) is 5.56 Å². The molecule has 0 atom stereocenters. The van der Waals surface area contributed by atoms with Gasteiger partial charge in [-0.2, -0.15) is 0 Å². The van der Waals surface area contributed by atoms with E-state index in [1.54, 1.807) is 7.05 Å². The molecule has 0 aliphatic carbocycles. The van der Waals surface area contributed by atoms with E-state index in [9.17, 15) is 8.42 Å². The van der Waals surface area contributed by atoms with Gasteiger partial charge >= 0.3 is 0 Å². The molecule has 2 N–H and O–H groups in total. The Morgan fingerprint density at radius 2 is 1.83 bits per heavy atom. The second-order valence-corrected chi connectivity index (χ2v) is 8.24. The van der Waals surface area contributed by atoms with E-state index >= 15 is 0 Å². The summed E-state index contributed by atoms with van der Waals surface area (Å²) in [4.78, 5) is 4.17. The Kier molecular flexibility index (Phi) is 8.44. The molecule has 1 aromatic rings. The second kappa shape index (κ2) is 9.57. The fourth-order valence-electron chi connectivity index (χ4n) is 2.67. The molecule has 0 spiro atoms. The van der Waals surface area contributed by atoms with Gasteiger partial charge in [0.25, 0.3) is 0 Å². The van der Waals surface area contributed by atoms with Crippen molar-refractivity contribution < 1.29 is 13.2 Å². The van der Waals surface area contributed by atoms with Crippen LogP contribution in [0.5, 0.6) is 0 Å². The molecule has 0 unspecified atom stereocenters. The number of hydrogen-bond donors (Lipinski definition) is 2. The monoisotopic (exact) mass is 467 g/mol. The second-order valence-electron chi connectivity index (χ2n) is 5.83. The minimum absolute atomic E-state index is 0. The first-order valence-corrected chi connectivity index (χ1v) is 9.62. The van der Waals surface area contributed by atoms with Crippen LogP contribution in [0.4, 0.5) is 0 Å². The number of hydrogen-bond acceptors (Lipinski definition) is 4. The molecule has 2 rings (SSSR count). The summed E-state index contributed by atoms with van der Waals surface area (Å²) in [5, 5.41) is 6.37. The van der Waals surface area contributed by atoms with Crippen molar-refractivity contribution in [3.05, 3.63) is 35.9 Å². The smallest absolute Gasteiger partial charge is 0.191 e. The largest absolute Gasteiger partial charge is 0.381 e. The first-order valence-electron chi connectivity index (χ1n) is 7.73. The fraction of sp³-hybridized carbons (Fsp3) is 0.562. The van der Waals surface area contributed by atoms with Crippen molar-refractivity contribution in [2.75, 3.05) is 33.1 Å². The van der Waals surface area contributed by atoms with Gasteiger partial charge in [0.2, 0.25) is 0 Å². The number of rotatable bonds is 5. The average molecular weight is 467 g/mol. The van der Waals surface area contributed by atoms with Gasteiger partial charge in [-0.25, -0.2) is 8.42 Å². The molecule has 0 bridgehead atoms. The van der Waals surface area contributed by atoms with E-state index in [1.807, 2.05) is 30.3 Å². The highest BCUT2D eigenvalue weighted by atomic mass is 127. The van der Waals surface area contributed by atoms with Crippen molar-refractivity contribution in [2.24, 2.45) is 4.99 Å². The first-order chi connectivity index (χ1) is 11.0. The summed E-state index contributed by atoms with van der Waals surface area (Å²) in [6.45, 7) is 1.93. The number of aliphatic imine (C=N–C) groups is 1. The topological polar surface area (TPSA) is 79.8 Å². The Labute approximate surface area is 161 Å². The summed E-state index contributed by atoms with van der Waals surface area (Å²) in [5.41, 5.74) is 1.14. The number of guanidine groups is 1. The standard InChI is InChI=1S/C16H25N3O3S.HI/c1-17-15(18-12-14-6-4-3-5-7-14)19-13-16(23(2,20)21)8-10-22-11-9-16;/h3-7H,8-13H2,1-2H3,(H2,17,18,19);1H. The SMILES string of the molecule is CN=C(NCc1ccccc1)NCC1(S(C)(=O)=O)CCOCC1.I. The molecule has 1 saturated heterocycles. The molecule has 1 fully saturated rings. The summed E-state index contributed by atoms with van der Waals surface area (Å²) in [6.07, 6.45) is 2.32. The number of ether oxygens (including phenoxy) is 1. The molecule has 0 amide bonds. The molecule has 1 aromatic carbocycles. The molecule has 24 heavy (non-hydrogen) atoms. The lowest BCUT2D eigenvalue weighted by molar-refractivity contribution is 0.0756. The first kappa shape index (κ1) is 21.2. The Bertz CT molecular complexity index is 629. The van der Waals surface area contributed by atoms with Gasteiger partial charge < -0.3 is 15.4 Å². The van der Waals surface area contributed by atoms with Crippen LogP contribution in [0.1, 0.15) is 18.4 Å². The highest BCUT2D eigenvalue weighted by molar-refractivity contribution is 14.0. The molecule has 1 heterocycles. The summed E-state index contributed by atoms with van der Waals surface area (Å²) < 4.78 is 29.0. The van der Waals surface area contributed by atoms with Gasteiger partial charge in [0, 0.05) is 39.6 Å². The number of halogens is 1. The minimum Gasteiger partial charge on any atom is -0.381 e. The maximum Gasteiger partial charge on any atom is 0.191 e. The Morgan fingerprint density at radius 3 is 2.38 bits per heavy atom. The van der Waals surface area contributed by atoms with Crippen molar-refractivity contribution in [2.45, 2.75) is 24.1 Å². The van der Waals surface area contributed by atoms with E-state index in [2.05, 4.69) is 15.6 Å². The van der Waals surface area contributed by atoms with E-state index in [1.165, 1.54) is 6.26 Å². The third-order valence-electron chi connectivity index (χ3n) is 4.29. The van der Waals surface area contributed by atoms with E-state index in [-0.39, 0.29) is 24.0 Å². The van der Waals surface area contributed by atoms with Crippen molar-refractivity contribution >= 4 is 39.8 Å². The highest BCUT2D eigenvalue weighted by Gasteiger charge is 2.42. The summed E-state index contributed by atoms with van der Waals surface area (Å²) >= 11 is 0. The maximum absolute atomic E-state index is 12.2. The van der Waals surface area contributed by atoms with Crippen LogP contribution >= 0.6 is 24.0 Å². The zero-order valence-electron chi connectivity index (χ0n) is 14.1. The van der Waals surface area contributed by atoms with Gasteiger partial charge in [0.05, 0.1) is 4.75 Å². The Balaban J connectivity index is 0.00000288. The van der Waals surface area contributed by atoms with E-state index in [4.69, 9.17) is 4.74 Å². The molecule has 136 valence electrons. The lowest BCUT2D eigenvalue weighted by Gasteiger charge is -2.35. The van der Waals surface area contributed by atoms with Crippen LogP contribution in [0, 0.1) is 0 Å². The van der Waals surface area contributed by atoms with Crippen LogP contribution in [0.3, 0.4) is 0 Å². The zero-order valence-corrected chi connectivity index (χ0v) is 17.3. The minimum atomic E-state index is -3.18. The van der Waals surface area contributed by atoms with Gasteiger partial charge in [-0.3, -0.25) is 4.99 Å². The summed E-state index contributed by atoms with van der Waals surface area (Å²) in [6, 6.07) is 9.98. The molecule has 0 saturated carbocycles. The third kappa shape index (κ3) is 5.59. The number of nitrogens with one attached hydrogen (secondary N) is 2. The predicted molar refractivity (Wildman–Crippen MR) is 108 cm³/mol. The van der Waals surface area contributed by atoms with Crippen molar-refractivity contribution in [3.8, 4) is 0 Å². The third-order valence-corrected chi connectivity index (χ3v) is 6.42. The van der Waals surface area contributed by atoms with Gasteiger partial charge in [0.1, 0.15) is 0 Å². The van der Waals surface area contributed by atoms with Gasteiger partial charge in [-0.15, -0.1) is 24.0 Å². The van der Waals surface area contributed by atoms with Crippen LogP contribution in [0.15, 0.2) is 35.3 Å². The summed E-state index contributed by atoms with van der Waals surface area (Å²) in [5.74, 6) is 0.600. The Hall–Kier alpha value is -0.870. The molecular formula is C16H26IN3O3S. The average Bonchev–Trinajstić information content (AvgIpc) is 2.56. The zero-order chi connectivity index (χ0) is 16.8. The van der Waals surface area contributed by atoms with Crippen molar-refractivity contribution in [1.29, 1.82) is 0 Å². The normalized spacial score (nSPS) is 17.7.